The molecule has 1 aromatic heterocycles. The monoisotopic (exact) mass is 369 g/mol. The van der Waals surface area contributed by atoms with Crippen molar-refractivity contribution in [2.45, 2.75) is 52.0 Å². The van der Waals surface area contributed by atoms with Crippen molar-refractivity contribution in [3.05, 3.63) is 42.2 Å². The van der Waals surface area contributed by atoms with Gasteiger partial charge in [-0.2, -0.15) is 0 Å². The van der Waals surface area contributed by atoms with E-state index in [1.807, 2.05) is 36.4 Å². The lowest BCUT2D eigenvalue weighted by molar-refractivity contribution is -0.126. The molecule has 3 rings (SSSR count). The number of hydrogen-bond donors (Lipinski definition) is 1. The van der Waals surface area contributed by atoms with E-state index in [0.717, 1.165) is 55.9 Å². The van der Waals surface area contributed by atoms with Crippen LogP contribution < -0.4 is 5.32 Å². The maximum atomic E-state index is 12.4. The summed E-state index contributed by atoms with van der Waals surface area (Å²) in [5.41, 5.74) is 1.93. The van der Waals surface area contributed by atoms with Crippen molar-refractivity contribution >= 4 is 5.91 Å². The Morgan fingerprint density at radius 3 is 2.93 bits per heavy atom. The first kappa shape index (κ1) is 19.6. The molecule has 5 heteroatoms. The van der Waals surface area contributed by atoms with E-state index in [1.165, 1.54) is 19.3 Å². The van der Waals surface area contributed by atoms with E-state index >= 15 is 0 Å². The molecule has 1 unspecified atom stereocenters. The Hall–Kier alpha value is -2.14. The van der Waals surface area contributed by atoms with Crippen LogP contribution in [0.15, 0.2) is 40.9 Å². The second-order valence-corrected chi connectivity index (χ2v) is 7.47. The van der Waals surface area contributed by atoms with Crippen LogP contribution in [0, 0.1) is 5.92 Å². The zero-order chi connectivity index (χ0) is 18.9. The maximum absolute atomic E-state index is 12.4. The Bertz CT molecular complexity index is 699. The topological polar surface area (TPSA) is 58.4 Å². The van der Waals surface area contributed by atoms with E-state index in [0.29, 0.717) is 6.54 Å². The molecule has 5 nitrogen and oxygen atoms in total. The molecule has 0 saturated carbocycles. The number of carbonyl (C=O) groups is 1. The van der Waals surface area contributed by atoms with Gasteiger partial charge in [0, 0.05) is 24.7 Å². The molecule has 27 heavy (non-hydrogen) atoms. The number of aromatic nitrogens is 1. The van der Waals surface area contributed by atoms with E-state index in [1.54, 1.807) is 0 Å². The van der Waals surface area contributed by atoms with Crippen LogP contribution in [0.5, 0.6) is 0 Å². The Labute approximate surface area is 162 Å². The predicted octanol–water partition coefficient (Wildman–Crippen LogP) is 4.25. The number of piperidine rings is 1. The van der Waals surface area contributed by atoms with E-state index in [9.17, 15) is 4.79 Å². The summed E-state index contributed by atoms with van der Waals surface area (Å²) >= 11 is 0. The summed E-state index contributed by atoms with van der Waals surface area (Å²) in [6.07, 6.45) is 6.77. The fraction of sp³-hybridized carbons (Fsp3) is 0.545. The number of amides is 1. The molecule has 0 aliphatic carbocycles. The minimum absolute atomic E-state index is 0.0847. The molecule has 1 amide bonds. The summed E-state index contributed by atoms with van der Waals surface area (Å²) in [6, 6.07) is 12.1. The van der Waals surface area contributed by atoms with Crippen molar-refractivity contribution in [3.8, 4) is 11.3 Å². The van der Waals surface area contributed by atoms with Gasteiger partial charge in [0.2, 0.25) is 5.91 Å². The van der Waals surface area contributed by atoms with Crippen LogP contribution >= 0.6 is 0 Å². The highest BCUT2D eigenvalue weighted by Crippen LogP contribution is 2.22. The van der Waals surface area contributed by atoms with Gasteiger partial charge < -0.3 is 9.84 Å². The molecule has 0 spiro atoms. The second-order valence-electron chi connectivity index (χ2n) is 7.47. The number of nitrogens with zero attached hydrogens (tertiary/aromatic N) is 2. The van der Waals surface area contributed by atoms with E-state index in [2.05, 4.69) is 22.3 Å². The Morgan fingerprint density at radius 2 is 2.11 bits per heavy atom. The maximum Gasteiger partial charge on any atom is 0.224 e. The van der Waals surface area contributed by atoms with Crippen LogP contribution in [-0.2, 0) is 11.3 Å². The van der Waals surface area contributed by atoms with Gasteiger partial charge in [-0.15, -0.1) is 0 Å². The van der Waals surface area contributed by atoms with E-state index in [4.69, 9.17) is 4.52 Å². The third-order valence-electron chi connectivity index (χ3n) is 5.21. The molecule has 1 saturated heterocycles. The number of benzene rings is 1. The first-order valence-corrected chi connectivity index (χ1v) is 10.3. The summed E-state index contributed by atoms with van der Waals surface area (Å²) in [7, 11) is 0. The van der Waals surface area contributed by atoms with Gasteiger partial charge >= 0.3 is 0 Å². The minimum Gasteiger partial charge on any atom is -0.359 e. The standard InChI is InChI=1S/C22H31N3O2/c1-2-3-4-8-13-23-22(26)19-12-9-14-25(16-19)17-20-15-21(24-27-20)18-10-6-5-7-11-18/h5-7,10-11,15,19H,2-4,8-9,12-14,16-17H2,1H3,(H,23,26). The summed E-state index contributed by atoms with van der Waals surface area (Å²) in [5, 5.41) is 7.31. The lowest BCUT2D eigenvalue weighted by atomic mass is 9.97. The van der Waals surface area contributed by atoms with Gasteiger partial charge in [0.05, 0.1) is 12.5 Å². The van der Waals surface area contributed by atoms with Crippen molar-refractivity contribution in [2.75, 3.05) is 19.6 Å². The Balaban J connectivity index is 1.47. The largest absolute Gasteiger partial charge is 0.359 e. The van der Waals surface area contributed by atoms with Crippen LogP contribution in [0.3, 0.4) is 0 Å². The van der Waals surface area contributed by atoms with Gasteiger partial charge in [-0.25, -0.2) is 0 Å². The highest BCUT2D eigenvalue weighted by Gasteiger charge is 2.26. The van der Waals surface area contributed by atoms with Gasteiger partial charge in [0.15, 0.2) is 5.76 Å². The van der Waals surface area contributed by atoms with Crippen LogP contribution in [0.1, 0.15) is 51.2 Å². The highest BCUT2D eigenvalue weighted by atomic mass is 16.5. The van der Waals surface area contributed by atoms with Crippen molar-refractivity contribution in [3.63, 3.8) is 0 Å². The number of rotatable bonds is 9. The predicted molar refractivity (Wildman–Crippen MR) is 107 cm³/mol. The second kappa shape index (κ2) is 10.3. The number of unbranched alkanes of at least 4 members (excludes halogenated alkanes) is 3. The zero-order valence-corrected chi connectivity index (χ0v) is 16.3. The number of hydrogen-bond acceptors (Lipinski definition) is 4. The normalized spacial score (nSPS) is 17.7. The average molecular weight is 370 g/mol. The average Bonchev–Trinajstić information content (AvgIpc) is 3.17. The molecule has 146 valence electrons. The fourth-order valence-corrected chi connectivity index (χ4v) is 3.67. The first-order valence-electron chi connectivity index (χ1n) is 10.3. The summed E-state index contributed by atoms with van der Waals surface area (Å²) in [6.45, 7) is 5.51. The molecule has 1 aliphatic rings. The summed E-state index contributed by atoms with van der Waals surface area (Å²) in [5.74, 6) is 1.15. The van der Waals surface area contributed by atoms with Crippen LogP contribution in [-0.4, -0.2) is 35.6 Å². The molecule has 2 aromatic rings. The minimum atomic E-state index is 0.0847. The van der Waals surface area contributed by atoms with Crippen molar-refractivity contribution in [1.29, 1.82) is 0 Å². The molecule has 0 radical (unpaired) electrons. The van der Waals surface area contributed by atoms with Gasteiger partial charge in [-0.05, 0) is 25.8 Å². The smallest absolute Gasteiger partial charge is 0.224 e. The molecular formula is C22H31N3O2. The molecule has 1 fully saturated rings. The van der Waals surface area contributed by atoms with Crippen LogP contribution in [0.2, 0.25) is 0 Å². The third-order valence-corrected chi connectivity index (χ3v) is 5.21. The van der Waals surface area contributed by atoms with Crippen molar-refractivity contribution in [1.82, 2.24) is 15.4 Å². The molecule has 1 atom stereocenters. The molecule has 1 aromatic carbocycles. The third kappa shape index (κ3) is 5.93. The lowest BCUT2D eigenvalue weighted by Crippen LogP contribution is -2.42. The SMILES string of the molecule is CCCCCCNC(=O)C1CCCN(Cc2cc(-c3ccccc3)no2)C1. The zero-order valence-electron chi connectivity index (χ0n) is 16.3. The van der Waals surface area contributed by atoms with Crippen LogP contribution in [0.25, 0.3) is 11.3 Å². The lowest BCUT2D eigenvalue weighted by Gasteiger charge is -2.31. The molecule has 2 heterocycles. The quantitative estimate of drug-likeness (QED) is 0.671. The molecule has 0 bridgehead atoms. The number of likely N-dealkylation sites (tertiary alicyclic amines) is 1. The van der Waals surface area contributed by atoms with E-state index < -0.39 is 0 Å². The molecule has 1 N–H and O–H groups in total. The van der Waals surface area contributed by atoms with E-state index in [-0.39, 0.29) is 11.8 Å². The fourth-order valence-electron chi connectivity index (χ4n) is 3.67. The van der Waals surface area contributed by atoms with Gasteiger partial charge in [0.25, 0.3) is 0 Å². The highest BCUT2D eigenvalue weighted by molar-refractivity contribution is 5.78. The summed E-state index contributed by atoms with van der Waals surface area (Å²) < 4.78 is 5.53. The summed E-state index contributed by atoms with van der Waals surface area (Å²) in [4.78, 5) is 14.8. The van der Waals surface area contributed by atoms with Gasteiger partial charge in [0.1, 0.15) is 5.69 Å². The van der Waals surface area contributed by atoms with Gasteiger partial charge in [-0.3, -0.25) is 9.69 Å². The first-order chi connectivity index (χ1) is 13.3. The Morgan fingerprint density at radius 1 is 1.26 bits per heavy atom. The molecular weight excluding hydrogens is 338 g/mol. The number of carbonyl (C=O) groups excluding carboxylic acids is 1. The number of nitrogens with one attached hydrogen (secondary N) is 1. The van der Waals surface area contributed by atoms with Crippen molar-refractivity contribution < 1.29 is 9.32 Å². The molecule has 1 aliphatic heterocycles. The van der Waals surface area contributed by atoms with Crippen molar-refractivity contribution in [2.24, 2.45) is 5.92 Å². The van der Waals surface area contributed by atoms with Gasteiger partial charge in [-0.1, -0.05) is 61.7 Å². The van der Waals surface area contributed by atoms with Crippen LogP contribution in [0.4, 0.5) is 0 Å². The Kier molecular flexibility index (Phi) is 7.45.